The number of hydrogen-bond acceptors (Lipinski definition) is 4. The Hall–Kier alpha value is -0.610. The largest absolute Gasteiger partial charge is 0.465 e. The summed E-state index contributed by atoms with van der Waals surface area (Å²) in [7, 11) is 0. The first-order valence-corrected chi connectivity index (χ1v) is 4.20. The van der Waals surface area contributed by atoms with Crippen molar-refractivity contribution in [2.45, 2.75) is 13.3 Å². The van der Waals surface area contributed by atoms with E-state index in [0.717, 1.165) is 0 Å². The quantitative estimate of drug-likeness (QED) is 0.606. The summed E-state index contributed by atoms with van der Waals surface area (Å²) in [4.78, 5) is 11.4. The lowest BCUT2D eigenvalue weighted by atomic mass is 9.88. The first kappa shape index (κ1) is 9.48. The zero-order valence-electron chi connectivity index (χ0n) is 7.34. The minimum absolute atomic E-state index is 0.218. The molecule has 0 amide bonds. The van der Waals surface area contributed by atoms with Gasteiger partial charge in [0, 0.05) is 13.2 Å². The van der Waals surface area contributed by atoms with Crippen LogP contribution in [0.2, 0.25) is 0 Å². The van der Waals surface area contributed by atoms with Gasteiger partial charge < -0.3 is 15.2 Å². The fraction of sp³-hybridized carbons (Fsp3) is 0.875. The fourth-order valence-corrected chi connectivity index (χ4v) is 1.30. The van der Waals surface area contributed by atoms with Crippen molar-refractivity contribution in [2.24, 2.45) is 11.1 Å². The molecule has 1 rings (SSSR count). The van der Waals surface area contributed by atoms with E-state index >= 15 is 0 Å². The maximum Gasteiger partial charge on any atom is 0.315 e. The van der Waals surface area contributed by atoms with Crippen LogP contribution in [0.4, 0.5) is 0 Å². The van der Waals surface area contributed by atoms with Gasteiger partial charge in [-0.05, 0) is 13.3 Å². The molecule has 0 aliphatic carbocycles. The molecule has 4 nitrogen and oxygen atoms in total. The summed E-state index contributed by atoms with van der Waals surface area (Å²) >= 11 is 0. The maximum absolute atomic E-state index is 11.4. The predicted molar refractivity (Wildman–Crippen MR) is 43.6 cm³/mol. The van der Waals surface area contributed by atoms with Gasteiger partial charge in [0.1, 0.15) is 5.41 Å². The second-order valence-corrected chi connectivity index (χ2v) is 3.01. The topological polar surface area (TPSA) is 61.5 Å². The van der Waals surface area contributed by atoms with E-state index in [2.05, 4.69) is 0 Å². The van der Waals surface area contributed by atoms with Gasteiger partial charge in [-0.2, -0.15) is 0 Å². The van der Waals surface area contributed by atoms with E-state index in [-0.39, 0.29) is 5.97 Å². The summed E-state index contributed by atoms with van der Waals surface area (Å²) < 4.78 is 10.1. The summed E-state index contributed by atoms with van der Waals surface area (Å²) in [6.07, 6.45) is 0.683. The Labute approximate surface area is 72.0 Å². The van der Waals surface area contributed by atoms with Gasteiger partial charge in [0.2, 0.25) is 0 Å². The molecule has 0 aromatic carbocycles. The molecular weight excluding hydrogens is 158 g/mol. The molecule has 1 aliphatic rings. The molecule has 0 aromatic rings. The van der Waals surface area contributed by atoms with Crippen molar-refractivity contribution in [3.05, 3.63) is 0 Å². The molecule has 1 saturated heterocycles. The van der Waals surface area contributed by atoms with Crippen LogP contribution in [0.3, 0.4) is 0 Å². The summed E-state index contributed by atoms with van der Waals surface area (Å²) in [5, 5.41) is 0. The van der Waals surface area contributed by atoms with Crippen LogP contribution >= 0.6 is 0 Å². The first-order valence-electron chi connectivity index (χ1n) is 4.20. The van der Waals surface area contributed by atoms with Crippen LogP contribution in [0.15, 0.2) is 0 Å². The van der Waals surface area contributed by atoms with Crippen LogP contribution in [0.5, 0.6) is 0 Å². The normalized spacial score (nSPS) is 28.8. The third-order valence-electron chi connectivity index (χ3n) is 2.20. The Morgan fingerprint density at radius 3 is 2.92 bits per heavy atom. The number of esters is 1. The highest BCUT2D eigenvalue weighted by atomic mass is 16.5. The van der Waals surface area contributed by atoms with Crippen LogP contribution in [-0.4, -0.2) is 32.3 Å². The molecule has 1 atom stereocenters. The predicted octanol–water partition coefficient (Wildman–Crippen LogP) is -0.0851. The van der Waals surface area contributed by atoms with E-state index in [1.54, 1.807) is 6.92 Å². The Bertz CT molecular complexity index is 164. The average Bonchev–Trinajstić information content (AvgIpc) is 2.54. The van der Waals surface area contributed by atoms with E-state index in [1.165, 1.54) is 0 Å². The number of carbonyl (C=O) groups is 1. The molecule has 0 bridgehead atoms. The van der Waals surface area contributed by atoms with Crippen molar-refractivity contribution in [3.8, 4) is 0 Å². The van der Waals surface area contributed by atoms with Crippen molar-refractivity contribution in [1.29, 1.82) is 0 Å². The summed E-state index contributed by atoms with van der Waals surface area (Å²) in [5.41, 5.74) is 4.96. The SMILES string of the molecule is CCOC(=O)C1(CN)CCOC1. The molecule has 0 spiro atoms. The zero-order chi connectivity index (χ0) is 9.03. The summed E-state index contributed by atoms with van der Waals surface area (Å²) in [6, 6.07) is 0. The molecule has 4 heteroatoms. The smallest absolute Gasteiger partial charge is 0.315 e. The van der Waals surface area contributed by atoms with E-state index < -0.39 is 5.41 Å². The Morgan fingerprint density at radius 1 is 1.75 bits per heavy atom. The van der Waals surface area contributed by atoms with Gasteiger partial charge in [-0.25, -0.2) is 0 Å². The number of carbonyl (C=O) groups excluding carboxylic acids is 1. The number of nitrogens with two attached hydrogens (primary N) is 1. The van der Waals surface area contributed by atoms with Crippen LogP contribution in [0.25, 0.3) is 0 Å². The van der Waals surface area contributed by atoms with Crippen LogP contribution in [0.1, 0.15) is 13.3 Å². The van der Waals surface area contributed by atoms with Gasteiger partial charge in [-0.1, -0.05) is 0 Å². The van der Waals surface area contributed by atoms with Gasteiger partial charge in [-0.3, -0.25) is 4.79 Å². The Balaban J connectivity index is 2.59. The lowest BCUT2D eigenvalue weighted by Gasteiger charge is -2.22. The van der Waals surface area contributed by atoms with Crippen molar-refractivity contribution in [2.75, 3.05) is 26.4 Å². The standard InChI is InChI=1S/C8H15NO3/c1-2-12-7(10)8(5-9)3-4-11-6-8/h2-6,9H2,1H3. The highest BCUT2D eigenvalue weighted by molar-refractivity contribution is 5.77. The van der Waals surface area contributed by atoms with Gasteiger partial charge >= 0.3 is 5.97 Å². The minimum Gasteiger partial charge on any atom is -0.465 e. The lowest BCUT2D eigenvalue weighted by Crippen LogP contribution is -2.40. The zero-order valence-corrected chi connectivity index (χ0v) is 7.34. The monoisotopic (exact) mass is 173 g/mol. The van der Waals surface area contributed by atoms with Crippen LogP contribution in [-0.2, 0) is 14.3 Å². The number of rotatable bonds is 3. The molecule has 70 valence electrons. The minimum atomic E-state index is -0.560. The average molecular weight is 173 g/mol. The highest BCUT2D eigenvalue weighted by Gasteiger charge is 2.42. The van der Waals surface area contributed by atoms with Crippen molar-refractivity contribution >= 4 is 5.97 Å². The maximum atomic E-state index is 11.4. The lowest BCUT2D eigenvalue weighted by molar-refractivity contribution is -0.154. The van der Waals surface area contributed by atoms with E-state index in [9.17, 15) is 4.79 Å². The molecule has 0 saturated carbocycles. The molecule has 1 fully saturated rings. The molecular formula is C8H15NO3. The van der Waals surface area contributed by atoms with Crippen molar-refractivity contribution in [1.82, 2.24) is 0 Å². The van der Waals surface area contributed by atoms with Gasteiger partial charge in [0.05, 0.1) is 13.2 Å². The van der Waals surface area contributed by atoms with E-state index in [1.807, 2.05) is 0 Å². The third-order valence-corrected chi connectivity index (χ3v) is 2.20. The summed E-state index contributed by atoms with van der Waals surface area (Å²) in [6.45, 7) is 3.52. The van der Waals surface area contributed by atoms with Crippen LogP contribution < -0.4 is 5.73 Å². The summed E-state index contributed by atoms with van der Waals surface area (Å²) in [5.74, 6) is -0.218. The number of hydrogen-bond donors (Lipinski definition) is 1. The molecule has 12 heavy (non-hydrogen) atoms. The second-order valence-electron chi connectivity index (χ2n) is 3.01. The molecule has 1 heterocycles. The fourth-order valence-electron chi connectivity index (χ4n) is 1.30. The Kier molecular flexibility index (Phi) is 3.05. The van der Waals surface area contributed by atoms with Gasteiger partial charge in [0.15, 0.2) is 0 Å². The van der Waals surface area contributed by atoms with E-state index in [4.69, 9.17) is 15.2 Å². The molecule has 0 aromatic heterocycles. The van der Waals surface area contributed by atoms with E-state index in [0.29, 0.717) is 32.8 Å². The van der Waals surface area contributed by atoms with Gasteiger partial charge in [-0.15, -0.1) is 0 Å². The van der Waals surface area contributed by atoms with Crippen molar-refractivity contribution < 1.29 is 14.3 Å². The van der Waals surface area contributed by atoms with Gasteiger partial charge in [0.25, 0.3) is 0 Å². The molecule has 1 unspecified atom stereocenters. The molecule has 2 N–H and O–H groups in total. The highest BCUT2D eigenvalue weighted by Crippen LogP contribution is 2.28. The second kappa shape index (κ2) is 3.87. The van der Waals surface area contributed by atoms with Crippen LogP contribution in [0, 0.1) is 5.41 Å². The first-order chi connectivity index (χ1) is 5.75. The molecule has 0 radical (unpaired) electrons. The Morgan fingerprint density at radius 2 is 2.50 bits per heavy atom. The molecule has 1 aliphatic heterocycles. The number of ether oxygens (including phenoxy) is 2. The third kappa shape index (κ3) is 1.59. The van der Waals surface area contributed by atoms with Crippen molar-refractivity contribution in [3.63, 3.8) is 0 Å².